The molecule has 0 N–H and O–H groups in total. The summed E-state index contributed by atoms with van der Waals surface area (Å²) in [5.41, 5.74) is 2.17. The molecule has 0 fully saturated rings. The van der Waals surface area contributed by atoms with E-state index < -0.39 is 0 Å². The average Bonchev–Trinajstić information content (AvgIpc) is 2.76. The zero-order valence-electron chi connectivity index (χ0n) is 10.4. The van der Waals surface area contributed by atoms with E-state index >= 15 is 0 Å². The second-order valence-corrected chi connectivity index (χ2v) is 5.74. The van der Waals surface area contributed by atoms with Crippen LogP contribution in [0.1, 0.15) is 5.56 Å². The molecule has 2 aromatic heterocycles. The van der Waals surface area contributed by atoms with Gasteiger partial charge in [-0.1, -0.05) is 6.07 Å². The molecule has 0 spiro atoms. The SMILES string of the molecule is Cn1cc(Cn2ncc3cc(I)ccc32)ccc1=O. The van der Waals surface area contributed by atoms with Crippen molar-refractivity contribution in [1.82, 2.24) is 14.3 Å². The van der Waals surface area contributed by atoms with Crippen molar-refractivity contribution in [2.75, 3.05) is 0 Å². The molecule has 5 heteroatoms. The Balaban J connectivity index is 2.01. The molecule has 0 saturated heterocycles. The number of hydrogen-bond donors (Lipinski definition) is 0. The lowest BCUT2D eigenvalue weighted by Gasteiger charge is -2.05. The molecule has 3 rings (SSSR count). The summed E-state index contributed by atoms with van der Waals surface area (Å²) in [7, 11) is 1.76. The van der Waals surface area contributed by atoms with E-state index in [2.05, 4.69) is 45.9 Å². The van der Waals surface area contributed by atoms with Crippen molar-refractivity contribution < 1.29 is 0 Å². The molecule has 0 atom stereocenters. The van der Waals surface area contributed by atoms with Crippen molar-refractivity contribution in [3.05, 3.63) is 62.2 Å². The average molecular weight is 365 g/mol. The van der Waals surface area contributed by atoms with E-state index in [1.807, 2.05) is 23.1 Å². The van der Waals surface area contributed by atoms with Gasteiger partial charge in [0.15, 0.2) is 0 Å². The van der Waals surface area contributed by atoms with E-state index in [0.717, 1.165) is 16.5 Å². The Kier molecular flexibility index (Phi) is 3.14. The molecule has 0 unspecified atom stereocenters. The number of nitrogens with zero attached hydrogens (tertiary/aromatic N) is 3. The van der Waals surface area contributed by atoms with E-state index in [1.54, 1.807) is 17.7 Å². The Hall–Kier alpha value is -1.63. The summed E-state index contributed by atoms with van der Waals surface area (Å²) in [5.74, 6) is 0. The summed E-state index contributed by atoms with van der Waals surface area (Å²) in [6.45, 7) is 0.665. The molecule has 0 aliphatic carbocycles. The van der Waals surface area contributed by atoms with Crippen molar-refractivity contribution in [1.29, 1.82) is 0 Å². The zero-order chi connectivity index (χ0) is 13.4. The van der Waals surface area contributed by atoms with Gasteiger partial charge >= 0.3 is 0 Å². The van der Waals surface area contributed by atoms with Crippen LogP contribution >= 0.6 is 22.6 Å². The van der Waals surface area contributed by atoms with E-state index in [4.69, 9.17) is 0 Å². The lowest BCUT2D eigenvalue weighted by atomic mass is 10.2. The fourth-order valence-electron chi connectivity index (χ4n) is 2.10. The minimum absolute atomic E-state index is 0.00336. The first-order valence-electron chi connectivity index (χ1n) is 5.90. The maximum atomic E-state index is 11.4. The Labute approximate surface area is 123 Å². The first kappa shape index (κ1) is 12.4. The number of rotatable bonds is 2. The van der Waals surface area contributed by atoms with Gasteiger partial charge in [-0.2, -0.15) is 5.10 Å². The van der Waals surface area contributed by atoms with Crippen molar-refractivity contribution in [3.63, 3.8) is 0 Å². The third-order valence-electron chi connectivity index (χ3n) is 3.08. The highest BCUT2D eigenvalue weighted by Gasteiger charge is 2.04. The van der Waals surface area contributed by atoms with Gasteiger partial charge in [0.25, 0.3) is 0 Å². The number of fused-ring (bicyclic) bond motifs is 1. The van der Waals surface area contributed by atoms with Crippen LogP contribution in [0.3, 0.4) is 0 Å². The molecule has 0 aliphatic rings. The zero-order valence-corrected chi connectivity index (χ0v) is 12.5. The number of hydrogen-bond acceptors (Lipinski definition) is 2. The van der Waals surface area contributed by atoms with E-state index in [9.17, 15) is 4.79 Å². The lowest BCUT2D eigenvalue weighted by molar-refractivity contribution is 0.700. The minimum atomic E-state index is 0.00336. The molecule has 2 heterocycles. The lowest BCUT2D eigenvalue weighted by Crippen LogP contribution is -2.15. The fraction of sp³-hybridized carbons (Fsp3) is 0.143. The number of aryl methyl sites for hydroxylation is 1. The minimum Gasteiger partial charge on any atom is -0.318 e. The van der Waals surface area contributed by atoms with Crippen LogP contribution in [0.4, 0.5) is 0 Å². The Morgan fingerprint density at radius 2 is 2.11 bits per heavy atom. The molecule has 0 bridgehead atoms. The first-order valence-corrected chi connectivity index (χ1v) is 6.98. The van der Waals surface area contributed by atoms with Gasteiger partial charge in [0.1, 0.15) is 0 Å². The molecule has 0 radical (unpaired) electrons. The van der Waals surface area contributed by atoms with Gasteiger partial charge < -0.3 is 4.57 Å². The van der Waals surface area contributed by atoms with Gasteiger partial charge in [-0.05, 0) is 46.4 Å². The summed E-state index contributed by atoms with van der Waals surface area (Å²) < 4.78 is 4.74. The second kappa shape index (κ2) is 4.80. The molecule has 0 aliphatic heterocycles. The van der Waals surface area contributed by atoms with Gasteiger partial charge in [0.2, 0.25) is 5.56 Å². The van der Waals surface area contributed by atoms with Crippen LogP contribution in [0.2, 0.25) is 0 Å². The maximum absolute atomic E-state index is 11.4. The topological polar surface area (TPSA) is 39.8 Å². The Morgan fingerprint density at radius 3 is 2.89 bits per heavy atom. The highest BCUT2D eigenvalue weighted by atomic mass is 127. The van der Waals surface area contributed by atoms with Crippen molar-refractivity contribution in [2.24, 2.45) is 7.05 Å². The summed E-state index contributed by atoms with van der Waals surface area (Å²) in [6, 6.07) is 9.69. The van der Waals surface area contributed by atoms with Gasteiger partial charge in [0, 0.05) is 28.3 Å². The predicted molar refractivity (Wildman–Crippen MR) is 83.2 cm³/mol. The van der Waals surface area contributed by atoms with E-state index in [1.165, 1.54) is 3.57 Å². The van der Waals surface area contributed by atoms with Gasteiger partial charge in [-0.25, -0.2) is 0 Å². The third-order valence-corrected chi connectivity index (χ3v) is 3.75. The predicted octanol–water partition coefficient (Wildman–Crippen LogP) is 2.39. The monoisotopic (exact) mass is 365 g/mol. The summed E-state index contributed by atoms with van der Waals surface area (Å²) >= 11 is 2.29. The standard InChI is InChI=1S/C14H12IN3O/c1-17-8-10(2-5-14(17)19)9-18-13-4-3-12(15)6-11(13)7-16-18/h2-8H,9H2,1H3. The van der Waals surface area contributed by atoms with Crippen LogP contribution in [0, 0.1) is 3.57 Å². The highest BCUT2D eigenvalue weighted by Crippen LogP contribution is 2.17. The highest BCUT2D eigenvalue weighted by molar-refractivity contribution is 14.1. The summed E-state index contributed by atoms with van der Waals surface area (Å²) in [4.78, 5) is 11.4. The van der Waals surface area contributed by atoms with Crippen LogP contribution in [-0.2, 0) is 13.6 Å². The van der Waals surface area contributed by atoms with Crippen LogP contribution in [0.5, 0.6) is 0 Å². The third kappa shape index (κ3) is 2.42. The molecular formula is C14H12IN3O. The summed E-state index contributed by atoms with van der Waals surface area (Å²) in [6.07, 6.45) is 3.72. The van der Waals surface area contributed by atoms with E-state index in [0.29, 0.717) is 6.54 Å². The molecule has 4 nitrogen and oxygen atoms in total. The van der Waals surface area contributed by atoms with Crippen LogP contribution in [0.15, 0.2) is 47.5 Å². The number of benzene rings is 1. The molecule has 96 valence electrons. The fourth-order valence-corrected chi connectivity index (χ4v) is 2.62. The molecule has 1 aromatic carbocycles. The molecule has 0 saturated carbocycles. The van der Waals surface area contributed by atoms with Gasteiger partial charge in [0.05, 0.1) is 18.3 Å². The van der Waals surface area contributed by atoms with Crippen LogP contribution < -0.4 is 5.56 Å². The summed E-state index contributed by atoms with van der Waals surface area (Å²) in [5, 5.41) is 5.55. The molecule has 19 heavy (non-hydrogen) atoms. The number of halogens is 1. The van der Waals surface area contributed by atoms with Crippen molar-refractivity contribution >= 4 is 33.5 Å². The van der Waals surface area contributed by atoms with Crippen molar-refractivity contribution in [3.8, 4) is 0 Å². The molecule has 0 amide bonds. The molecular weight excluding hydrogens is 353 g/mol. The van der Waals surface area contributed by atoms with Crippen molar-refractivity contribution in [2.45, 2.75) is 6.54 Å². The normalized spacial score (nSPS) is 11.1. The Bertz CT molecular complexity index is 804. The smallest absolute Gasteiger partial charge is 0.250 e. The first-order chi connectivity index (χ1) is 9.13. The van der Waals surface area contributed by atoms with Crippen LogP contribution in [0.25, 0.3) is 10.9 Å². The van der Waals surface area contributed by atoms with E-state index in [-0.39, 0.29) is 5.56 Å². The van der Waals surface area contributed by atoms with Gasteiger partial charge in [-0.15, -0.1) is 0 Å². The van der Waals surface area contributed by atoms with Gasteiger partial charge in [-0.3, -0.25) is 9.48 Å². The number of pyridine rings is 1. The number of aromatic nitrogens is 3. The molecule has 3 aromatic rings. The largest absolute Gasteiger partial charge is 0.318 e. The maximum Gasteiger partial charge on any atom is 0.250 e. The Morgan fingerprint density at radius 1 is 1.26 bits per heavy atom. The quantitative estimate of drug-likeness (QED) is 0.655. The second-order valence-electron chi connectivity index (χ2n) is 4.49. The van der Waals surface area contributed by atoms with Crippen LogP contribution in [-0.4, -0.2) is 14.3 Å².